The molecule has 38 heavy (non-hydrogen) atoms. The number of ether oxygens (including phenoxy) is 2. The fraction of sp³-hybridized carbons (Fsp3) is 0.375. The summed E-state index contributed by atoms with van der Waals surface area (Å²) < 4.78 is 42.9. The van der Waals surface area contributed by atoms with Gasteiger partial charge in [0.05, 0.1) is 27.7 Å². The minimum Gasteiger partial charge on any atom is -0.486 e. The van der Waals surface area contributed by atoms with Gasteiger partial charge in [-0.05, 0) is 44.2 Å². The van der Waals surface area contributed by atoms with Gasteiger partial charge in [0.2, 0.25) is 0 Å². The number of likely N-dealkylation sites (tertiary alicyclic amines) is 1. The van der Waals surface area contributed by atoms with Gasteiger partial charge in [-0.2, -0.15) is 13.2 Å². The number of aliphatic carboxylic acids is 1. The molecule has 0 saturated carbocycles. The summed E-state index contributed by atoms with van der Waals surface area (Å²) in [5.74, 6) is -0.990. The second-order valence-electron chi connectivity index (χ2n) is 8.75. The van der Waals surface area contributed by atoms with E-state index in [2.05, 4.69) is 22.2 Å². The molecular formula is C24H23Cl2F3N4O5. The van der Waals surface area contributed by atoms with E-state index in [1.807, 2.05) is 18.2 Å². The van der Waals surface area contributed by atoms with E-state index in [4.69, 9.17) is 47.6 Å². The Bertz CT molecular complexity index is 1350. The number of carbonyl (C=O) groups excluding carboxylic acids is 1. The zero-order valence-corrected chi connectivity index (χ0v) is 21.5. The molecule has 1 fully saturated rings. The van der Waals surface area contributed by atoms with Crippen molar-refractivity contribution < 1.29 is 37.3 Å². The van der Waals surface area contributed by atoms with Crippen LogP contribution in [0.15, 0.2) is 30.3 Å². The van der Waals surface area contributed by atoms with Crippen molar-refractivity contribution in [1.82, 2.24) is 20.2 Å². The van der Waals surface area contributed by atoms with Crippen LogP contribution in [-0.4, -0.2) is 70.9 Å². The van der Waals surface area contributed by atoms with Crippen LogP contribution in [0.5, 0.6) is 11.5 Å². The molecule has 1 aromatic heterocycles. The van der Waals surface area contributed by atoms with E-state index in [0.717, 1.165) is 36.2 Å². The number of H-pyrrole nitrogens is 1. The van der Waals surface area contributed by atoms with Gasteiger partial charge in [-0.3, -0.25) is 9.69 Å². The fourth-order valence-electron chi connectivity index (χ4n) is 4.19. The molecule has 1 saturated heterocycles. The van der Waals surface area contributed by atoms with Crippen LogP contribution in [-0.2, 0) is 4.79 Å². The third kappa shape index (κ3) is 6.43. The average molecular weight is 575 g/mol. The lowest BCUT2D eigenvalue weighted by atomic mass is 9.96. The molecule has 3 N–H and O–H groups in total. The molecule has 9 nitrogen and oxygen atoms in total. The molecule has 0 bridgehead atoms. The number of carbonyl (C=O) groups is 2. The summed E-state index contributed by atoms with van der Waals surface area (Å²) in [6, 6.07) is 8.96. The molecule has 1 amide bonds. The van der Waals surface area contributed by atoms with Gasteiger partial charge in [-0.25, -0.2) is 9.78 Å². The van der Waals surface area contributed by atoms with Crippen molar-refractivity contribution in [1.29, 1.82) is 0 Å². The number of nitrogens with one attached hydrogen (secondary N) is 2. The van der Waals surface area contributed by atoms with Crippen LogP contribution in [0.1, 0.15) is 35.1 Å². The summed E-state index contributed by atoms with van der Waals surface area (Å²) in [5, 5.41) is 11.3. The number of carboxylic acid groups (broad SMARTS) is 1. The highest BCUT2D eigenvalue weighted by molar-refractivity contribution is 6.34. The Kier molecular flexibility index (Phi) is 8.24. The topological polar surface area (TPSA) is 117 Å². The molecule has 0 unspecified atom stereocenters. The zero-order valence-electron chi connectivity index (χ0n) is 19.9. The molecule has 3 heterocycles. The number of imidazole rings is 1. The summed E-state index contributed by atoms with van der Waals surface area (Å²) in [7, 11) is 2.07. The summed E-state index contributed by atoms with van der Waals surface area (Å²) in [6.45, 7) is 1.76. The van der Waals surface area contributed by atoms with Gasteiger partial charge in [-0.15, -0.1) is 0 Å². The molecular weight excluding hydrogens is 552 g/mol. The number of halogens is 5. The number of fused-ring (bicyclic) bond motifs is 2. The molecule has 0 radical (unpaired) electrons. The lowest BCUT2D eigenvalue weighted by Gasteiger charge is -2.36. The molecule has 14 heteroatoms. The van der Waals surface area contributed by atoms with Gasteiger partial charge in [0.1, 0.15) is 19.0 Å². The van der Waals surface area contributed by atoms with E-state index in [1.165, 1.54) is 0 Å². The lowest BCUT2D eigenvalue weighted by Crippen LogP contribution is -2.45. The number of carboxylic acids is 1. The first-order valence-electron chi connectivity index (χ1n) is 11.5. The van der Waals surface area contributed by atoms with E-state index in [-0.39, 0.29) is 18.0 Å². The highest BCUT2D eigenvalue weighted by Gasteiger charge is 2.38. The molecule has 2 aliphatic heterocycles. The number of hydrogen-bond donors (Lipinski definition) is 3. The molecule has 0 aliphatic carbocycles. The maximum atomic E-state index is 13.0. The molecule has 3 aromatic rings. The number of rotatable bonds is 3. The quantitative estimate of drug-likeness (QED) is 0.409. The third-order valence-corrected chi connectivity index (χ3v) is 6.65. The van der Waals surface area contributed by atoms with Crippen molar-refractivity contribution >= 4 is 46.1 Å². The number of aromatic nitrogens is 2. The van der Waals surface area contributed by atoms with Crippen molar-refractivity contribution in [3.63, 3.8) is 0 Å². The molecule has 2 atom stereocenters. The van der Waals surface area contributed by atoms with E-state index >= 15 is 0 Å². The van der Waals surface area contributed by atoms with Crippen LogP contribution in [0.3, 0.4) is 0 Å². The second kappa shape index (κ2) is 11.3. The maximum absolute atomic E-state index is 13.0. The van der Waals surface area contributed by atoms with Crippen molar-refractivity contribution in [2.45, 2.75) is 31.1 Å². The highest BCUT2D eigenvalue weighted by Crippen LogP contribution is 2.36. The number of alkyl halides is 3. The predicted octanol–water partition coefficient (Wildman–Crippen LogP) is 4.84. The van der Waals surface area contributed by atoms with Crippen LogP contribution in [0.4, 0.5) is 13.2 Å². The highest BCUT2D eigenvalue weighted by atomic mass is 35.5. The number of benzene rings is 2. The van der Waals surface area contributed by atoms with Crippen LogP contribution >= 0.6 is 23.2 Å². The first-order chi connectivity index (χ1) is 17.9. The average Bonchev–Trinajstić information content (AvgIpc) is 3.27. The van der Waals surface area contributed by atoms with Gasteiger partial charge in [0.25, 0.3) is 5.91 Å². The second-order valence-corrected chi connectivity index (χ2v) is 9.60. The number of piperidine rings is 1. The smallest absolute Gasteiger partial charge is 0.486 e. The van der Waals surface area contributed by atoms with Crippen LogP contribution in [0.2, 0.25) is 10.0 Å². The van der Waals surface area contributed by atoms with E-state index in [0.29, 0.717) is 40.3 Å². The molecule has 204 valence electrons. The van der Waals surface area contributed by atoms with Gasteiger partial charge in [-0.1, -0.05) is 23.2 Å². The monoisotopic (exact) mass is 574 g/mol. The Balaban J connectivity index is 0.000000426. The number of aromatic amines is 1. The van der Waals surface area contributed by atoms with E-state index < -0.39 is 12.1 Å². The summed E-state index contributed by atoms with van der Waals surface area (Å²) in [5.41, 5.74) is 2.17. The van der Waals surface area contributed by atoms with E-state index in [1.54, 1.807) is 12.1 Å². The molecule has 2 aliphatic rings. The van der Waals surface area contributed by atoms with Crippen molar-refractivity contribution in [3.05, 3.63) is 51.8 Å². The minimum absolute atomic E-state index is 0.00484. The summed E-state index contributed by atoms with van der Waals surface area (Å²) in [4.78, 5) is 32.2. The Morgan fingerprint density at radius 2 is 1.82 bits per heavy atom. The SMILES string of the molecule is CN1CC[C@@H](NC(=O)c2cc3c(cc2Cl)OCCO3)C[C@@H]1c1nc2ccc(Cl)cc2[nH]1.O=C(O)C(F)(F)F. The Labute approximate surface area is 224 Å². The largest absolute Gasteiger partial charge is 0.490 e. The van der Waals surface area contributed by atoms with Crippen molar-refractivity contribution in [2.75, 3.05) is 26.8 Å². The van der Waals surface area contributed by atoms with Crippen LogP contribution in [0, 0.1) is 0 Å². The summed E-state index contributed by atoms with van der Waals surface area (Å²) >= 11 is 12.5. The van der Waals surface area contributed by atoms with Crippen LogP contribution in [0.25, 0.3) is 11.0 Å². The number of nitrogens with zero attached hydrogens (tertiary/aromatic N) is 2. The normalized spacial score (nSPS) is 19.4. The van der Waals surface area contributed by atoms with Crippen molar-refractivity contribution in [2.24, 2.45) is 0 Å². The predicted molar refractivity (Wildman–Crippen MR) is 133 cm³/mol. The van der Waals surface area contributed by atoms with Gasteiger partial charge >= 0.3 is 12.1 Å². The van der Waals surface area contributed by atoms with Gasteiger partial charge in [0.15, 0.2) is 11.5 Å². The zero-order chi connectivity index (χ0) is 27.6. The first-order valence-corrected chi connectivity index (χ1v) is 12.2. The number of amides is 1. The lowest BCUT2D eigenvalue weighted by molar-refractivity contribution is -0.192. The minimum atomic E-state index is -5.08. The standard InChI is InChI=1S/C22H22Cl2N4O3.C2HF3O2/c1-28-5-4-13(9-18(28)21-26-16-3-2-12(23)8-17(16)27-21)25-22(29)14-10-19-20(11-15(14)24)31-7-6-30-19;3-2(4,5)1(6)7/h2-3,8,10-11,13,18H,4-7,9H2,1H3,(H,25,29)(H,26,27);(H,6,7)/t13-,18-;/m1./s1. The van der Waals surface area contributed by atoms with Crippen molar-refractivity contribution in [3.8, 4) is 11.5 Å². The van der Waals surface area contributed by atoms with Gasteiger partial charge < -0.3 is 24.9 Å². The van der Waals surface area contributed by atoms with Gasteiger partial charge in [0, 0.05) is 23.7 Å². The molecule has 5 rings (SSSR count). The molecule has 0 spiro atoms. The fourth-order valence-corrected chi connectivity index (χ4v) is 4.61. The number of hydrogen-bond acceptors (Lipinski definition) is 6. The third-order valence-electron chi connectivity index (χ3n) is 6.10. The Morgan fingerprint density at radius 3 is 2.47 bits per heavy atom. The van der Waals surface area contributed by atoms with E-state index in [9.17, 15) is 18.0 Å². The molecule has 2 aromatic carbocycles. The Morgan fingerprint density at radius 1 is 1.16 bits per heavy atom. The first kappa shape index (κ1) is 27.8. The maximum Gasteiger partial charge on any atom is 0.490 e. The van der Waals surface area contributed by atoms with Crippen LogP contribution < -0.4 is 14.8 Å². The summed E-state index contributed by atoms with van der Waals surface area (Å²) in [6.07, 6.45) is -3.51. The Hall–Kier alpha value is -3.22.